The van der Waals surface area contributed by atoms with Crippen molar-refractivity contribution in [1.29, 1.82) is 0 Å². The van der Waals surface area contributed by atoms with Gasteiger partial charge in [-0.3, -0.25) is 23.5 Å². The van der Waals surface area contributed by atoms with Crippen molar-refractivity contribution in [2.24, 2.45) is 0 Å². The summed E-state index contributed by atoms with van der Waals surface area (Å²) in [7, 11) is 0. The molecule has 2 aliphatic carbocycles. The molecule has 2 aromatic heterocycles. The first-order valence-electron chi connectivity index (χ1n) is 11.7. The molecule has 1 fully saturated rings. The van der Waals surface area contributed by atoms with Crippen molar-refractivity contribution in [1.82, 2.24) is 24.4 Å². The van der Waals surface area contributed by atoms with Crippen LogP contribution in [0.1, 0.15) is 73.9 Å². The summed E-state index contributed by atoms with van der Waals surface area (Å²) in [5.74, 6) is 0.981. The van der Waals surface area contributed by atoms with Gasteiger partial charge in [0, 0.05) is 42.8 Å². The quantitative estimate of drug-likeness (QED) is 0.671. The average Bonchev–Trinajstić information content (AvgIpc) is 3.46. The van der Waals surface area contributed by atoms with Crippen LogP contribution in [0, 0.1) is 0 Å². The monoisotopic (exact) mass is 455 g/mol. The summed E-state index contributed by atoms with van der Waals surface area (Å²) >= 11 is 1.56. The predicted molar refractivity (Wildman–Crippen MR) is 122 cm³/mol. The summed E-state index contributed by atoms with van der Waals surface area (Å²) in [6.45, 7) is 0.737. The van der Waals surface area contributed by atoms with Crippen molar-refractivity contribution in [3.05, 3.63) is 50.1 Å². The van der Waals surface area contributed by atoms with Crippen LogP contribution in [0.2, 0.25) is 0 Å². The molecule has 32 heavy (non-hydrogen) atoms. The van der Waals surface area contributed by atoms with Gasteiger partial charge in [-0.2, -0.15) is 0 Å². The number of carbonyl (C=O) groups excluding carboxylic acids is 1. The highest BCUT2D eigenvalue weighted by Crippen LogP contribution is 2.34. The number of carbonyl (C=O) groups is 1. The summed E-state index contributed by atoms with van der Waals surface area (Å²) in [5, 5.41) is 3.64. The topological polar surface area (TPSA) is 98.9 Å². The molecule has 1 amide bonds. The molecule has 5 rings (SSSR count). The van der Waals surface area contributed by atoms with Crippen LogP contribution in [-0.2, 0) is 24.2 Å². The standard InChI is InChI=1S/C23H29N5O3S/c29-20(24-9-10-27-14-25-19(12-21(27)30)15-5-1-2-6-15)11-16-13-32-23-26-18-8-4-3-7-17(18)22(31)28(16)23/h12,14-16H,1-11,13H2,(H,24,29). The second kappa shape index (κ2) is 9.21. The lowest BCUT2D eigenvalue weighted by atomic mass is 9.97. The van der Waals surface area contributed by atoms with Gasteiger partial charge in [0.1, 0.15) is 0 Å². The number of aryl methyl sites for hydroxylation is 1. The SMILES string of the molecule is O=C(CC1CSc2nc3c(c(=O)n21)CCCC3)NCCn1cnc(C2CCCC2)cc1=O. The third kappa shape index (κ3) is 4.27. The Morgan fingerprint density at radius 3 is 2.78 bits per heavy atom. The zero-order chi connectivity index (χ0) is 22.1. The first kappa shape index (κ1) is 21.4. The van der Waals surface area contributed by atoms with Crippen LogP contribution in [-0.4, -0.2) is 37.3 Å². The van der Waals surface area contributed by atoms with Crippen molar-refractivity contribution in [2.75, 3.05) is 12.3 Å². The highest BCUT2D eigenvalue weighted by atomic mass is 32.2. The maximum atomic E-state index is 13.0. The number of amides is 1. The Labute approximate surface area is 190 Å². The van der Waals surface area contributed by atoms with Gasteiger partial charge in [-0.05, 0) is 38.5 Å². The van der Waals surface area contributed by atoms with Gasteiger partial charge in [-0.25, -0.2) is 9.97 Å². The molecule has 1 aliphatic heterocycles. The molecule has 0 bridgehead atoms. The van der Waals surface area contributed by atoms with Crippen molar-refractivity contribution in [3.8, 4) is 0 Å². The van der Waals surface area contributed by atoms with Gasteiger partial charge in [0.25, 0.3) is 11.1 Å². The Bertz CT molecular complexity index is 1140. The van der Waals surface area contributed by atoms with E-state index in [1.54, 1.807) is 33.3 Å². The van der Waals surface area contributed by atoms with E-state index < -0.39 is 0 Å². The Morgan fingerprint density at radius 1 is 1.16 bits per heavy atom. The van der Waals surface area contributed by atoms with E-state index in [0.29, 0.717) is 24.8 Å². The molecule has 0 saturated heterocycles. The van der Waals surface area contributed by atoms with Crippen LogP contribution in [0.25, 0.3) is 0 Å². The summed E-state index contributed by atoms with van der Waals surface area (Å²) in [4.78, 5) is 47.1. The van der Waals surface area contributed by atoms with E-state index >= 15 is 0 Å². The van der Waals surface area contributed by atoms with Gasteiger partial charge in [-0.15, -0.1) is 0 Å². The van der Waals surface area contributed by atoms with Gasteiger partial charge >= 0.3 is 0 Å². The second-order valence-electron chi connectivity index (χ2n) is 9.05. The maximum Gasteiger partial charge on any atom is 0.257 e. The van der Waals surface area contributed by atoms with Crippen LogP contribution >= 0.6 is 11.8 Å². The van der Waals surface area contributed by atoms with Crippen LogP contribution in [0.15, 0.2) is 27.1 Å². The minimum Gasteiger partial charge on any atom is -0.354 e. The third-order valence-corrected chi connectivity index (χ3v) is 7.99. The molecule has 8 nitrogen and oxygen atoms in total. The minimum absolute atomic E-state index is 0.0347. The molecule has 1 unspecified atom stereocenters. The minimum atomic E-state index is -0.169. The predicted octanol–water partition coefficient (Wildman–Crippen LogP) is 2.19. The lowest BCUT2D eigenvalue weighted by Crippen LogP contribution is -2.35. The molecule has 2 aromatic rings. The number of thioether (sulfide) groups is 1. The van der Waals surface area contributed by atoms with Gasteiger partial charge in [0.05, 0.1) is 23.8 Å². The first-order chi connectivity index (χ1) is 15.6. The van der Waals surface area contributed by atoms with E-state index in [1.807, 2.05) is 0 Å². The molecule has 0 aromatic carbocycles. The summed E-state index contributed by atoms with van der Waals surface area (Å²) in [5.41, 5.74) is 2.64. The number of rotatable bonds is 6. The van der Waals surface area contributed by atoms with Crippen molar-refractivity contribution in [2.45, 2.75) is 81.4 Å². The van der Waals surface area contributed by atoms with Gasteiger partial charge in [-0.1, -0.05) is 24.6 Å². The van der Waals surface area contributed by atoms with Gasteiger partial charge < -0.3 is 5.32 Å². The Hall–Kier alpha value is -2.42. The van der Waals surface area contributed by atoms with E-state index in [0.717, 1.165) is 60.6 Å². The van der Waals surface area contributed by atoms with Crippen molar-refractivity contribution >= 4 is 17.7 Å². The zero-order valence-corrected chi connectivity index (χ0v) is 19.0. The van der Waals surface area contributed by atoms with Crippen LogP contribution in [0.3, 0.4) is 0 Å². The number of hydrogen-bond donors (Lipinski definition) is 1. The van der Waals surface area contributed by atoms with Crippen LogP contribution in [0.5, 0.6) is 0 Å². The Balaban J connectivity index is 1.17. The van der Waals surface area contributed by atoms with Crippen molar-refractivity contribution in [3.63, 3.8) is 0 Å². The molecule has 1 atom stereocenters. The van der Waals surface area contributed by atoms with E-state index in [1.165, 1.54) is 12.8 Å². The molecule has 170 valence electrons. The fraction of sp³-hybridized carbons (Fsp3) is 0.609. The summed E-state index contributed by atoms with van der Waals surface area (Å²) in [6.07, 6.45) is 10.2. The van der Waals surface area contributed by atoms with E-state index in [9.17, 15) is 14.4 Å². The number of aromatic nitrogens is 4. The van der Waals surface area contributed by atoms with Gasteiger partial charge in [0.15, 0.2) is 5.16 Å². The molecule has 9 heteroatoms. The second-order valence-corrected chi connectivity index (χ2v) is 10.0. The maximum absolute atomic E-state index is 13.0. The highest BCUT2D eigenvalue weighted by Gasteiger charge is 2.30. The molecule has 0 radical (unpaired) electrons. The normalized spacial score (nSPS) is 20.2. The largest absolute Gasteiger partial charge is 0.354 e. The Morgan fingerprint density at radius 2 is 1.97 bits per heavy atom. The smallest absolute Gasteiger partial charge is 0.257 e. The molecular weight excluding hydrogens is 426 g/mol. The molecular formula is C23H29N5O3S. The molecule has 3 aliphatic rings. The zero-order valence-electron chi connectivity index (χ0n) is 18.2. The highest BCUT2D eigenvalue weighted by molar-refractivity contribution is 7.99. The number of fused-ring (bicyclic) bond motifs is 2. The molecule has 1 saturated carbocycles. The molecule has 0 spiro atoms. The van der Waals surface area contributed by atoms with E-state index in [4.69, 9.17) is 4.98 Å². The first-order valence-corrected chi connectivity index (χ1v) is 12.7. The van der Waals surface area contributed by atoms with Gasteiger partial charge in [0.2, 0.25) is 5.91 Å². The third-order valence-electron chi connectivity index (χ3n) is 6.89. The fourth-order valence-corrected chi connectivity index (χ4v) is 6.27. The van der Waals surface area contributed by atoms with E-state index in [-0.39, 0.29) is 29.5 Å². The summed E-state index contributed by atoms with van der Waals surface area (Å²) in [6, 6.07) is 1.47. The molecule has 3 heterocycles. The van der Waals surface area contributed by atoms with Crippen LogP contribution < -0.4 is 16.4 Å². The Kier molecular flexibility index (Phi) is 6.17. The fourth-order valence-electron chi connectivity index (χ4n) is 5.12. The number of nitrogens with zero attached hydrogens (tertiary/aromatic N) is 4. The summed E-state index contributed by atoms with van der Waals surface area (Å²) < 4.78 is 3.27. The molecule has 1 N–H and O–H groups in total. The lowest BCUT2D eigenvalue weighted by Gasteiger charge is -2.18. The average molecular weight is 456 g/mol. The van der Waals surface area contributed by atoms with Crippen molar-refractivity contribution < 1.29 is 4.79 Å². The lowest BCUT2D eigenvalue weighted by molar-refractivity contribution is -0.121. The van der Waals surface area contributed by atoms with E-state index in [2.05, 4.69) is 10.3 Å². The number of hydrogen-bond acceptors (Lipinski definition) is 6. The number of nitrogens with one attached hydrogen (secondary N) is 1. The van der Waals surface area contributed by atoms with Crippen LogP contribution in [0.4, 0.5) is 0 Å².